The first-order valence-electron chi connectivity index (χ1n) is 15.4. The molecule has 0 bridgehead atoms. The molecular weight excluding hydrogens is 597 g/mol. The Labute approximate surface area is 268 Å². The van der Waals surface area contributed by atoms with Crippen molar-refractivity contribution in [3.8, 4) is 17.1 Å². The molecule has 11 nitrogen and oxygen atoms in total. The van der Waals surface area contributed by atoms with Crippen LogP contribution in [0.2, 0.25) is 0 Å². The van der Waals surface area contributed by atoms with Crippen molar-refractivity contribution in [1.29, 1.82) is 0 Å². The van der Waals surface area contributed by atoms with Gasteiger partial charge in [0.05, 0.1) is 37.9 Å². The van der Waals surface area contributed by atoms with Gasteiger partial charge in [-0.15, -0.1) is 0 Å². The first kappa shape index (κ1) is 35.8. The smallest absolute Gasteiger partial charge is 0.341 e. The van der Waals surface area contributed by atoms with E-state index in [1.54, 1.807) is 6.92 Å². The third-order valence-corrected chi connectivity index (χ3v) is 7.36. The van der Waals surface area contributed by atoms with Gasteiger partial charge in [-0.2, -0.15) is 0 Å². The van der Waals surface area contributed by atoms with Gasteiger partial charge in [0.25, 0.3) is 5.91 Å². The first-order valence-corrected chi connectivity index (χ1v) is 15.4. The molecule has 2 aromatic carbocycles. The molecule has 0 spiro atoms. The van der Waals surface area contributed by atoms with Crippen LogP contribution in [0.25, 0.3) is 11.3 Å². The molecule has 0 unspecified atom stereocenters. The molecule has 0 saturated carbocycles. The molecule has 3 aromatic rings. The van der Waals surface area contributed by atoms with Gasteiger partial charge in [0, 0.05) is 5.56 Å². The average molecular weight is 640 g/mol. The molecule has 0 aliphatic carbocycles. The topological polar surface area (TPSA) is 136 Å². The van der Waals surface area contributed by atoms with Gasteiger partial charge in [-0.3, -0.25) is 19.2 Å². The Morgan fingerprint density at radius 2 is 1.78 bits per heavy atom. The third-order valence-electron chi connectivity index (χ3n) is 7.36. The molecule has 0 fully saturated rings. The summed E-state index contributed by atoms with van der Waals surface area (Å²) in [5.41, 5.74) is 0.844. The molecule has 2 atom stereocenters. The lowest BCUT2D eigenvalue weighted by Gasteiger charge is -2.32. The number of halogens is 1. The number of ether oxygens (including phenoxy) is 2. The van der Waals surface area contributed by atoms with Crippen LogP contribution in [-0.2, 0) is 25.8 Å². The van der Waals surface area contributed by atoms with Crippen LogP contribution in [0.3, 0.4) is 0 Å². The van der Waals surface area contributed by atoms with E-state index in [1.165, 1.54) is 29.3 Å². The SMILES string of the molecule is CCCCC[C@@H](C(=O)NCNC(=O)c1ccc(-c2cc(OCC)c(F)c(C(=O)OC)c2)o1)[C@@H](CC)N(C=O)OCc1ccccc1. The van der Waals surface area contributed by atoms with Crippen molar-refractivity contribution in [3.63, 3.8) is 0 Å². The average Bonchev–Trinajstić information content (AvgIpc) is 3.57. The van der Waals surface area contributed by atoms with Gasteiger partial charge in [-0.25, -0.2) is 14.2 Å². The second-order valence-electron chi connectivity index (χ2n) is 10.5. The van der Waals surface area contributed by atoms with Crippen molar-refractivity contribution in [3.05, 3.63) is 77.3 Å². The van der Waals surface area contributed by atoms with Crippen LogP contribution in [0.4, 0.5) is 4.39 Å². The highest BCUT2D eigenvalue weighted by Gasteiger charge is 2.32. The van der Waals surface area contributed by atoms with Gasteiger partial charge in [-0.05, 0) is 49.6 Å². The molecule has 2 N–H and O–H groups in total. The number of unbranched alkanes of at least 4 members (excludes halogenated alkanes) is 2. The first-order chi connectivity index (χ1) is 22.3. The molecule has 46 heavy (non-hydrogen) atoms. The van der Waals surface area contributed by atoms with E-state index in [-0.39, 0.29) is 48.6 Å². The standard InChI is InChI=1S/C34H42FN3O8/c1-5-8-10-15-25(27(6-2)38(22-39)45-20-23-13-11-9-12-14-23)32(40)36-21-37-33(41)29-17-16-28(46-29)24-18-26(34(42)43-4)31(35)30(19-24)44-7-3/h9,11-14,16-19,22,25,27H,5-8,10,15,20-21H2,1-4H3,(H,36,40)(H,37,41)/t25-,27-/m1/s1. The predicted molar refractivity (Wildman–Crippen MR) is 168 cm³/mol. The molecule has 1 aromatic heterocycles. The fourth-order valence-electron chi connectivity index (χ4n) is 4.99. The van der Waals surface area contributed by atoms with E-state index in [1.807, 2.05) is 37.3 Å². The van der Waals surface area contributed by atoms with Crippen LogP contribution in [0.15, 0.2) is 59.0 Å². The summed E-state index contributed by atoms with van der Waals surface area (Å²) in [5, 5.41) is 6.57. The fourth-order valence-corrected chi connectivity index (χ4v) is 4.99. The van der Waals surface area contributed by atoms with E-state index in [0.29, 0.717) is 24.8 Å². The molecule has 0 aliphatic heterocycles. The van der Waals surface area contributed by atoms with Gasteiger partial charge in [0.15, 0.2) is 17.3 Å². The largest absolute Gasteiger partial charge is 0.491 e. The van der Waals surface area contributed by atoms with Crippen LogP contribution in [0, 0.1) is 11.7 Å². The molecule has 248 valence electrons. The van der Waals surface area contributed by atoms with E-state index in [2.05, 4.69) is 22.3 Å². The zero-order valence-electron chi connectivity index (χ0n) is 26.7. The lowest BCUT2D eigenvalue weighted by Crippen LogP contribution is -2.48. The highest BCUT2D eigenvalue weighted by atomic mass is 19.1. The number of hydroxylamine groups is 2. The zero-order valence-corrected chi connectivity index (χ0v) is 26.7. The summed E-state index contributed by atoms with van der Waals surface area (Å²) in [6.45, 7) is 5.76. The number of hydrogen-bond acceptors (Lipinski definition) is 8. The van der Waals surface area contributed by atoms with E-state index in [9.17, 15) is 23.6 Å². The van der Waals surface area contributed by atoms with E-state index in [0.717, 1.165) is 31.9 Å². The summed E-state index contributed by atoms with van der Waals surface area (Å²) >= 11 is 0. The van der Waals surface area contributed by atoms with Crippen molar-refractivity contribution < 1.29 is 42.3 Å². The number of carbonyl (C=O) groups is 4. The van der Waals surface area contributed by atoms with Crippen LogP contribution >= 0.6 is 0 Å². The lowest BCUT2D eigenvalue weighted by atomic mass is 9.90. The maximum atomic E-state index is 14.7. The Morgan fingerprint density at radius 1 is 1.02 bits per heavy atom. The van der Waals surface area contributed by atoms with Crippen molar-refractivity contribution in [2.75, 3.05) is 20.4 Å². The number of nitrogens with one attached hydrogen (secondary N) is 2. The van der Waals surface area contributed by atoms with Crippen LogP contribution in [0.1, 0.15) is 79.4 Å². The summed E-state index contributed by atoms with van der Waals surface area (Å²) in [5.74, 6) is -3.32. The van der Waals surface area contributed by atoms with Crippen LogP contribution in [0.5, 0.6) is 5.75 Å². The van der Waals surface area contributed by atoms with Crippen LogP contribution < -0.4 is 15.4 Å². The monoisotopic (exact) mass is 639 g/mol. The summed E-state index contributed by atoms with van der Waals surface area (Å²) in [4.78, 5) is 56.2. The molecule has 12 heteroatoms. The van der Waals surface area contributed by atoms with E-state index in [4.69, 9.17) is 14.0 Å². The zero-order chi connectivity index (χ0) is 33.5. The maximum absolute atomic E-state index is 14.7. The van der Waals surface area contributed by atoms with Crippen LogP contribution in [-0.4, -0.2) is 55.7 Å². The Morgan fingerprint density at radius 3 is 2.43 bits per heavy atom. The number of esters is 1. The fraction of sp³-hybridized carbons (Fsp3) is 0.412. The number of rotatable bonds is 19. The molecule has 0 radical (unpaired) electrons. The highest BCUT2D eigenvalue weighted by molar-refractivity contribution is 5.93. The summed E-state index contributed by atoms with van der Waals surface area (Å²) in [6, 6.07) is 14.4. The summed E-state index contributed by atoms with van der Waals surface area (Å²) in [7, 11) is 1.14. The second kappa shape index (κ2) is 18.3. The number of hydrogen-bond donors (Lipinski definition) is 2. The molecule has 3 amide bonds. The Hall–Kier alpha value is -4.71. The van der Waals surface area contributed by atoms with Crippen molar-refractivity contribution in [1.82, 2.24) is 15.7 Å². The summed E-state index contributed by atoms with van der Waals surface area (Å²) in [6.07, 6.45) is 4.27. The van der Waals surface area contributed by atoms with Gasteiger partial charge in [-0.1, -0.05) is 63.4 Å². The predicted octanol–water partition coefficient (Wildman–Crippen LogP) is 5.64. The van der Waals surface area contributed by atoms with Gasteiger partial charge >= 0.3 is 5.97 Å². The van der Waals surface area contributed by atoms with Gasteiger partial charge in [0.2, 0.25) is 12.3 Å². The van der Waals surface area contributed by atoms with E-state index < -0.39 is 29.7 Å². The molecule has 0 aliphatic rings. The number of carbonyl (C=O) groups excluding carboxylic acids is 4. The Balaban J connectivity index is 1.68. The number of benzene rings is 2. The minimum absolute atomic E-state index is 0.0708. The minimum atomic E-state index is -0.891. The minimum Gasteiger partial charge on any atom is -0.491 e. The summed E-state index contributed by atoms with van der Waals surface area (Å²) < 4.78 is 30.4. The highest BCUT2D eigenvalue weighted by Crippen LogP contribution is 2.31. The maximum Gasteiger partial charge on any atom is 0.341 e. The molecule has 1 heterocycles. The van der Waals surface area contributed by atoms with E-state index >= 15 is 0 Å². The molecule has 0 saturated heterocycles. The molecular formula is C34H42FN3O8. The number of methoxy groups -OCH3 is 1. The number of amides is 3. The Kier molecular flexibility index (Phi) is 14.2. The normalized spacial score (nSPS) is 12.1. The van der Waals surface area contributed by atoms with Gasteiger partial charge < -0.3 is 24.5 Å². The van der Waals surface area contributed by atoms with Crippen molar-refractivity contribution in [2.45, 2.75) is 65.5 Å². The second-order valence-corrected chi connectivity index (χ2v) is 10.5. The lowest BCUT2D eigenvalue weighted by molar-refractivity contribution is -0.200. The van der Waals surface area contributed by atoms with Crippen molar-refractivity contribution in [2.24, 2.45) is 5.92 Å². The quantitative estimate of drug-likeness (QED) is 0.0566. The number of nitrogens with zero attached hydrogens (tertiary/aromatic N) is 1. The van der Waals surface area contributed by atoms with Crippen molar-refractivity contribution >= 4 is 24.2 Å². The van der Waals surface area contributed by atoms with Gasteiger partial charge in [0.1, 0.15) is 12.4 Å². The third kappa shape index (κ3) is 9.64. The number of furan rings is 1. The molecule has 3 rings (SSSR count). The Bertz CT molecular complexity index is 1450.